The van der Waals surface area contributed by atoms with E-state index < -0.39 is 5.97 Å². The summed E-state index contributed by atoms with van der Waals surface area (Å²) in [5.41, 5.74) is 1.71. The first-order valence-electron chi connectivity index (χ1n) is 6.36. The Morgan fingerprint density at radius 2 is 1.83 bits per heavy atom. The van der Waals surface area contributed by atoms with Crippen molar-refractivity contribution in [3.05, 3.63) is 35.4 Å². The second kappa shape index (κ2) is 6.01. The van der Waals surface area contributed by atoms with Crippen LogP contribution in [0.1, 0.15) is 43.6 Å². The molecule has 100 valence electrons. The topological polar surface area (TPSA) is 49.3 Å². The molecule has 0 aliphatic carbocycles. The van der Waals surface area contributed by atoms with Crippen LogP contribution in [0.5, 0.6) is 0 Å². The standard InChI is InChI=1S/C15H23NO2/c1-11(2)15(3,4)10-16-9-12-5-7-13(8-6-12)14(17)18/h5-8,11,16H,9-10H2,1-4H3,(H,17,18). The van der Waals surface area contributed by atoms with Crippen molar-refractivity contribution in [2.24, 2.45) is 11.3 Å². The number of carbonyl (C=O) groups is 1. The molecular formula is C15H23NO2. The van der Waals surface area contributed by atoms with Crippen molar-refractivity contribution < 1.29 is 9.90 Å². The maximum Gasteiger partial charge on any atom is 0.335 e. The number of hydrogen-bond acceptors (Lipinski definition) is 2. The fourth-order valence-electron chi connectivity index (χ4n) is 1.50. The molecule has 0 unspecified atom stereocenters. The average Bonchev–Trinajstić information content (AvgIpc) is 2.29. The van der Waals surface area contributed by atoms with Gasteiger partial charge in [0.15, 0.2) is 0 Å². The minimum absolute atomic E-state index is 0.265. The molecule has 0 saturated heterocycles. The van der Waals surface area contributed by atoms with Crippen molar-refractivity contribution in [2.75, 3.05) is 6.54 Å². The lowest BCUT2D eigenvalue weighted by Crippen LogP contribution is -2.33. The van der Waals surface area contributed by atoms with Gasteiger partial charge in [0, 0.05) is 13.1 Å². The first-order valence-corrected chi connectivity index (χ1v) is 6.36. The molecule has 1 aromatic carbocycles. The van der Waals surface area contributed by atoms with E-state index in [4.69, 9.17) is 5.11 Å². The predicted molar refractivity (Wildman–Crippen MR) is 73.7 cm³/mol. The van der Waals surface area contributed by atoms with Crippen LogP contribution in [0.2, 0.25) is 0 Å². The van der Waals surface area contributed by atoms with Crippen LogP contribution >= 0.6 is 0 Å². The number of carboxylic acids is 1. The molecule has 1 aromatic rings. The highest BCUT2D eigenvalue weighted by atomic mass is 16.4. The lowest BCUT2D eigenvalue weighted by molar-refractivity contribution is 0.0697. The Bertz CT molecular complexity index is 393. The van der Waals surface area contributed by atoms with Gasteiger partial charge in [0.05, 0.1) is 5.56 Å². The summed E-state index contributed by atoms with van der Waals surface area (Å²) < 4.78 is 0. The third kappa shape index (κ3) is 4.15. The van der Waals surface area contributed by atoms with Gasteiger partial charge in [-0.3, -0.25) is 0 Å². The van der Waals surface area contributed by atoms with Crippen LogP contribution in [-0.4, -0.2) is 17.6 Å². The monoisotopic (exact) mass is 249 g/mol. The molecular weight excluding hydrogens is 226 g/mol. The van der Waals surface area contributed by atoms with Crippen LogP contribution in [0, 0.1) is 11.3 Å². The van der Waals surface area contributed by atoms with Crippen LogP contribution in [0.4, 0.5) is 0 Å². The Labute approximate surface area is 109 Å². The van der Waals surface area contributed by atoms with Gasteiger partial charge in [0.25, 0.3) is 0 Å². The first kappa shape index (κ1) is 14.7. The van der Waals surface area contributed by atoms with Crippen molar-refractivity contribution in [2.45, 2.75) is 34.2 Å². The summed E-state index contributed by atoms with van der Waals surface area (Å²) in [6.45, 7) is 10.7. The van der Waals surface area contributed by atoms with Crippen LogP contribution in [0.3, 0.4) is 0 Å². The Hall–Kier alpha value is -1.35. The highest BCUT2D eigenvalue weighted by Gasteiger charge is 2.21. The summed E-state index contributed by atoms with van der Waals surface area (Å²) in [6.07, 6.45) is 0. The van der Waals surface area contributed by atoms with Gasteiger partial charge in [0.2, 0.25) is 0 Å². The predicted octanol–water partition coefficient (Wildman–Crippen LogP) is 3.16. The Kier molecular flexibility index (Phi) is 4.91. The van der Waals surface area contributed by atoms with E-state index >= 15 is 0 Å². The van der Waals surface area contributed by atoms with Crippen LogP contribution in [-0.2, 0) is 6.54 Å². The highest BCUT2D eigenvalue weighted by Crippen LogP contribution is 2.24. The second-order valence-electron chi connectivity index (χ2n) is 5.75. The lowest BCUT2D eigenvalue weighted by Gasteiger charge is -2.29. The molecule has 2 N–H and O–H groups in total. The van der Waals surface area contributed by atoms with E-state index in [1.54, 1.807) is 12.1 Å². The van der Waals surface area contributed by atoms with E-state index in [2.05, 4.69) is 33.0 Å². The zero-order chi connectivity index (χ0) is 13.8. The normalized spacial score (nSPS) is 11.8. The molecule has 18 heavy (non-hydrogen) atoms. The first-order chi connectivity index (χ1) is 8.33. The molecule has 0 amide bonds. The van der Waals surface area contributed by atoms with Crippen LogP contribution < -0.4 is 5.32 Å². The molecule has 0 radical (unpaired) electrons. The van der Waals surface area contributed by atoms with E-state index in [9.17, 15) is 4.79 Å². The number of benzene rings is 1. The SMILES string of the molecule is CC(C)C(C)(C)CNCc1ccc(C(=O)O)cc1. The number of aromatic carboxylic acids is 1. The molecule has 0 aromatic heterocycles. The van der Waals surface area contributed by atoms with Gasteiger partial charge in [0.1, 0.15) is 0 Å². The second-order valence-corrected chi connectivity index (χ2v) is 5.75. The summed E-state index contributed by atoms with van der Waals surface area (Å²) in [5, 5.41) is 12.2. The minimum atomic E-state index is -0.879. The molecule has 0 saturated carbocycles. The summed E-state index contributed by atoms with van der Waals surface area (Å²) in [4.78, 5) is 10.7. The van der Waals surface area contributed by atoms with E-state index in [-0.39, 0.29) is 5.41 Å². The number of nitrogens with one attached hydrogen (secondary N) is 1. The van der Waals surface area contributed by atoms with Crippen molar-refractivity contribution in [1.82, 2.24) is 5.32 Å². The fraction of sp³-hybridized carbons (Fsp3) is 0.533. The molecule has 0 spiro atoms. The fourth-order valence-corrected chi connectivity index (χ4v) is 1.50. The van der Waals surface area contributed by atoms with E-state index in [1.165, 1.54) is 0 Å². The highest BCUT2D eigenvalue weighted by molar-refractivity contribution is 5.87. The molecule has 1 rings (SSSR count). The zero-order valence-electron chi connectivity index (χ0n) is 11.7. The smallest absolute Gasteiger partial charge is 0.335 e. The average molecular weight is 249 g/mol. The van der Waals surface area contributed by atoms with Crippen LogP contribution in [0.25, 0.3) is 0 Å². The summed E-state index contributed by atoms with van der Waals surface area (Å²) in [7, 11) is 0. The molecule has 0 aliphatic rings. The molecule has 0 atom stereocenters. The number of hydrogen-bond donors (Lipinski definition) is 2. The Balaban J connectivity index is 2.47. The van der Waals surface area contributed by atoms with E-state index in [1.807, 2.05) is 12.1 Å². The number of rotatable bonds is 6. The van der Waals surface area contributed by atoms with Gasteiger partial charge in [-0.1, -0.05) is 39.8 Å². The maximum atomic E-state index is 10.7. The molecule has 3 nitrogen and oxygen atoms in total. The summed E-state index contributed by atoms with van der Waals surface area (Å²) in [5.74, 6) is -0.255. The molecule has 3 heteroatoms. The quantitative estimate of drug-likeness (QED) is 0.814. The third-order valence-corrected chi connectivity index (χ3v) is 3.67. The van der Waals surface area contributed by atoms with Gasteiger partial charge in [-0.25, -0.2) is 4.79 Å². The van der Waals surface area contributed by atoms with Gasteiger partial charge >= 0.3 is 5.97 Å². The van der Waals surface area contributed by atoms with Crippen molar-refractivity contribution >= 4 is 5.97 Å². The minimum Gasteiger partial charge on any atom is -0.478 e. The third-order valence-electron chi connectivity index (χ3n) is 3.67. The van der Waals surface area contributed by atoms with Crippen molar-refractivity contribution in [1.29, 1.82) is 0 Å². The molecule has 0 fully saturated rings. The Morgan fingerprint density at radius 1 is 1.28 bits per heavy atom. The van der Waals surface area contributed by atoms with Gasteiger partial charge in [-0.2, -0.15) is 0 Å². The largest absolute Gasteiger partial charge is 0.478 e. The van der Waals surface area contributed by atoms with E-state index in [0.29, 0.717) is 11.5 Å². The van der Waals surface area contributed by atoms with Gasteiger partial charge < -0.3 is 10.4 Å². The summed E-state index contributed by atoms with van der Waals surface area (Å²) in [6, 6.07) is 7.01. The van der Waals surface area contributed by atoms with Crippen LogP contribution in [0.15, 0.2) is 24.3 Å². The molecule has 0 bridgehead atoms. The zero-order valence-corrected chi connectivity index (χ0v) is 11.7. The van der Waals surface area contributed by atoms with E-state index in [0.717, 1.165) is 18.7 Å². The lowest BCUT2D eigenvalue weighted by atomic mass is 9.81. The maximum absolute atomic E-state index is 10.7. The van der Waals surface area contributed by atoms with Crippen molar-refractivity contribution in [3.63, 3.8) is 0 Å². The van der Waals surface area contributed by atoms with Gasteiger partial charge in [-0.15, -0.1) is 0 Å². The summed E-state index contributed by atoms with van der Waals surface area (Å²) >= 11 is 0. The van der Waals surface area contributed by atoms with Crippen molar-refractivity contribution in [3.8, 4) is 0 Å². The molecule has 0 heterocycles. The van der Waals surface area contributed by atoms with Gasteiger partial charge in [-0.05, 0) is 29.0 Å². The Morgan fingerprint density at radius 3 is 2.28 bits per heavy atom. The molecule has 0 aliphatic heterocycles. The number of carboxylic acid groups (broad SMARTS) is 1.